The molecule has 1 aliphatic rings. The molecule has 0 bridgehead atoms. The quantitative estimate of drug-likeness (QED) is 0.646. The second kappa shape index (κ2) is 9.51. The summed E-state index contributed by atoms with van der Waals surface area (Å²) in [5.41, 5.74) is 4.17. The first-order valence-electron chi connectivity index (χ1n) is 10.3. The van der Waals surface area contributed by atoms with Crippen molar-refractivity contribution in [3.05, 3.63) is 76.3 Å². The van der Waals surface area contributed by atoms with Gasteiger partial charge in [-0.1, -0.05) is 54.6 Å². The van der Waals surface area contributed by atoms with Crippen molar-refractivity contribution in [1.29, 1.82) is 0 Å². The van der Waals surface area contributed by atoms with Gasteiger partial charge < -0.3 is 10.1 Å². The van der Waals surface area contributed by atoms with Crippen LogP contribution in [-0.2, 0) is 17.8 Å². The minimum atomic E-state index is -0.0698. The van der Waals surface area contributed by atoms with Crippen molar-refractivity contribution < 1.29 is 9.53 Å². The summed E-state index contributed by atoms with van der Waals surface area (Å²) in [5, 5.41) is 3.93. The third kappa shape index (κ3) is 5.14. The van der Waals surface area contributed by atoms with Crippen LogP contribution in [0.15, 0.2) is 54.6 Å². The largest absolute Gasteiger partial charge is 0.376 e. The zero-order valence-corrected chi connectivity index (χ0v) is 18.2. The Labute approximate surface area is 181 Å². The number of carbonyl (C=O) groups excluding carboxylic acids is 1. The van der Waals surface area contributed by atoms with Gasteiger partial charge in [-0.25, -0.2) is 4.98 Å². The molecule has 1 saturated heterocycles. The normalized spacial score (nSPS) is 17.1. The van der Waals surface area contributed by atoms with E-state index in [4.69, 9.17) is 4.74 Å². The van der Waals surface area contributed by atoms with E-state index in [0.29, 0.717) is 11.4 Å². The van der Waals surface area contributed by atoms with Gasteiger partial charge in [0.2, 0.25) is 0 Å². The molecule has 1 unspecified atom stereocenters. The van der Waals surface area contributed by atoms with E-state index >= 15 is 0 Å². The van der Waals surface area contributed by atoms with Crippen molar-refractivity contribution in [2.24, 2.45) is 0 Å². The highest BCUT2D eigenvalue weighted by Gasteiger charge is 2.18. The molecule has 0 spiro atoms. The fourth-order valence-electron chi connectivity index (χ4n) is 3.70. The number of hydrogen-bond acceptors (Lipinski definition) is 5. The van der Waals surface area contributed by atoms with Crippen LogP contribution < -0.4 is 5.32 Å². The molecule has 0 radical (unpaired) electrons. The molecule has 4 rings (SSSR count). The molecule has 0 saturated carbocycles. The number of benzene rings is 2. The Morgan fingerprint density at radius 3 is 2.80 bits per heavy atom. The average Bonchev–Trinajstić information content (AvgIpc) is 3.15. The Kier molecular flexibility index (Phi) is 6.57. The van der Waals surface area contributed by atoms with Crippen LogP contribution in [-0.4, -0.2) is 41.6 Å². The number of aryl methyl sites for hydroxylation is 1. The lowest BCUT2D eigenvalue weighted by molar-refractivity contribution is -0.0212. The van der Waals surface area contributed by atoms with Crippen molar-refractivity contribution in [3.63, 3.8) is 0 Å². The molecule has 3 aromatic rings. The second-order valence-corrected chi connectivity index (χ2v) is 8.72. The fraction of sp³-hybridized carbons (Fsp3) is 0.333. The topological polar surface area (TPSA) is 54.5 Å². The van der Waals surface area contributed by atoms with Gasteiger partial charge >= 0.3 is 0 Å². The lowest BCUT2D eigenvalue weighted by Gasteiger charge is -2.31. The smallest absolute Gasteiger partial charge is 0.263 e. The van der Waals surface area contributed by atoms with Crippen LogP contribution in [0.5, 0.6) is 0 Å². The summed E-state index contributed by atoms with van der Waals surface area (Å²) in [7, 11) is 0. The summed E-state index contributed by atoms with van der Waals surface area (Å²) < 4.78 is 5.62. The van der Waals surface area contributed by atoms with Crippen molar-refractivity contribution in [2.75, 3.05) is 19.7 Å². The Morgan fingerprint density at radius 1 is 1.20 bits per heavy atom. The van der Waals surface area contributed by atoms with Gasteiger partial charge in [0, 0.05) is 31.7 Å². The summed E-state index contributed by atoms with van der Waals surface area (Å²) in [5.74, 6) is -0.0698. The van der Waals surface area contributed by atoms with Gasteiger partial charge in [-0.2, -0.15) is 0 Å². The third-order valence-corrected chi connectivity index (χ3v) is 6.40. The summed E-state index contributed by atoms with van der Waals surface area (Å²) >= 11 is 1.44. The van der Waals surface area contributed by atoms with Crippen LogP contribution >= 0.6 is 11.3 Å². The zero-order valence-electron chi connectivity index (χ0n) is 17.4. The first kappa shape index (κ1) is 20.7. The van der Waals surface area contributed by atoms with Crippen LogP contribution in [0.3, 0.4) is 0 Å². The standard InChI is InChI=1S/C24H27N3O2S/c1-17-15-27(11-12-29-17)16-20-8-6-7-19(13-20)14-25-23(28)22-18(2)26-24(30-22)21-9-4-3-5-10-21/h3-10,13,17H,11-12,14-16H2,1-2H3,(H,25,28). The molecule has 2 aromatic carbocycles. The first-order valence-corrected chi connectivity index (χ1v) is 11.1. The van der Waals surface area contributed by atoms with E-state index in [-0.39, 0.29) is 12.0 Å². The van der Waals surface area contributed by atoms with Crippen molar-refractivity contribution >= 4 is 17.2 Å². The summed E-state index contributed by atoms with van der Waals surface area (Å²) in [6, 6.07) is 18.4. The summed E-state index contributed by atoms with van der Waals surface area (Å²) in [6.45, 7) is 8.11. The molecule has 1 fully saturated rings. The van der Waals surface area contributed by atoms with Gasteiger partial charge in [-0.05, 0) is 25.0 Å². The minimum Gasteiger partial charge on any atom is -0.376 e. The van der Waals surface area contributed by atoms with E-state index in [9.17, 15) is 4.79 Å². The maximum absolute atomic E-state index is 12.8. The molecule has 1 aromatic heterocycles. The number of rotatable bonds is 6. The van der Waals surface area contributed by atoms with E-state index in [2.05, 4.69) is 46.4 Å². The SMILES string of the molecule is Cc1nc(-c2ccccc2)sc1C(=O)NCc1cccc(CN2CCOC(C)C2)c1. The van der Waals surface area contributed by atoms with Crippen molar-refractivity contribution in [2.45, 2.75) is 33.0 Å². The van der Waals surface area contributed by atoms with E-state index < -0.39 is 0 Å². The number of hydrogen-bond donors (Lipinski definition) is 1. The number of morpholine rings is 1. The predicted molar refractivity (Wildman–Crippen MR) is 121 cm³/mol. The maximum Gasteiger partial charge on any atom is 0.263 e. The van der Waals surface area contributed by atoms with E-state index in [1.807, 2.05) is 37.3 Å². The van der Waals surface area contributed by atoms with E-state index in [0.717, 1.165) is 48.1 Å². The van der Waals surface area contributed by atoms with Crippen LogP contribution in [0.4, 0.5) is 0 Å². The molecule has 156 valence electrons. The Morgan fingerprint density at radius 2 is 2.00 bits per heavy atom. The molecule has 30 heavy (non-hydrogen) atoms. The summed E-state index contributed by atoms with van der Waals surface area (Å²) in [4.78, 5) is 20.4. The molecular formula is C24H27N3O2S. The van der Waals surface area contributed by atoms with Gasteiger partial charge in [-0.3, -0.25) is 9.69 Å². The molecule has 5 nitrogen and oxygen atoms in total. The van der Waals surface area contributed by atoms with Gasteiger partial charge in [-0.15, -0.1) is 11.3 Å². The molecule has 1 amide bonds. The number of nitrogens with zero attached hydrogens (tertiary/aromatic N) is 2. The number of amides is 1. The third-order valence-electron chi connectivity index (χ3n) is 5.20. The van der Waals surface area contributed by atoms with Crippen LogP contribution in [0.25, 0.3) is 10.6 Å². The zero-order chi connectivity index (χ0) is 20.9. The van der Waals surface area contributed by atoms with Crippen LogP contribution in [0.2, 0.25) is 0 Å². The average molecular weight is 422 g/mol. The van der Waals surface area contributed by atoms with Crippen molar-refractivity contribution in [3.8, 4) is 10.6 Å². The lowest BCUT2D eigenvalue weighted by Crippen LogP contribution is -2.40. The molecule has 1 atom stereocenters. The number of ether oxygens (including phenoxy) is 1. The molecule has 0 aliphatic carbocycles. The van der Waals surface area contributed by atoms with Gasteiger partial charge in [0.1, 0.15) is 9.88 Å². The fourth-order valence-corrected chi connectivity index (χ4v) is 4.69. The number of nitrogens with one attached hydrogen (secondary N) is 1. The van der Waals surface area contributed by atoms with Crippen LogP contribution in [0.1, 0.15) is 33.4 Å². The molecule has 2 heterocycles. The maximum atomic E-state index is 12.8. The lowest BCUT2D eigenvalue weighted by atomic mass is 10.1. The molecule has 1 aliphatic heterocycles. The van der Waals surface area contributed by atoms with E-state index in [1.54, 1.807) is 0 Å². The monoisotopic (exact) mass is 421 g/mol. The number of carbonyl (C=O) groups is 1. The highest BCUT2D eigenvalue weighted by molar-refractivity contribution is 7.17. The Hall–Kier alpha value is -2.54. The van der Waals surface area contributed by atoms with Gasteiger partial charge in [0.05, 0.1) is 18.4 Å². The molecular weight excluding hydrogens is 394 g/mol. The van der Waals surface area contributed by atoms with Gasteiger partial charge in [0.25, 0.3) is 5.91 Å². The number of thiazole rings is 1. The predicted octanol–water partition coefficient (Wildman–Crippen LogP) is 4.27. The summed E-state index contributed by atoms with van der Waals surface area (Å²) in [6.07, 6.45) is 0.282. The highest BCUT2D eigenvalue weighted by Crippen LogP contribution is 2.27. The second-order valence-electron chi connectivity index (χ2n) is 7.72. The van der Waals surface area contributed by atoms with Gasteiger partial charge in [0.15, 0.2) is 0 Å². The van der Waals surface area contributed by atoms with E-state index in [1.165, 1.54) is 16.9 Å². The minimum absolute atomic E-state index is 0.0698. The Bertz CT molecular complexity index is 1000. The molecule has 1 N–H and O–H groups in total. The number of aromatic nitrogens is 1. The first-order chi connectivity index (χ1) is 14.6. The van der Waals surface area contributed by atoms with Crippen LogP contribution in [0, 0.1) is 6.92 Å². The van der Waals surface area contributed by atoms with Crippen molar-refractivity contribution in [1.82, 2.24) is 15.2 Å². The molecule has 6 heteroatoms. The highest BCUT2D eigenvalue weighted by atomic mass is 32.1. The Balaban J connectivity index is 1.38.